The number of likely N-dealkylation sites (tertiary alicyclic amines) is 1. The van der Waals surface area contributed by atoms with Crippen molar-refractivity contribution in [3.8, 4) is 5.88 Å². The van der Waals surface area contributed by atoms with Crippen LogP contribution in [-0.4, -0.2) is 100 Å². The number of imidazole rings is 1. The summed E-state index contributed by atoms with van der Waals surface area (Å²) in [5.74, 6) is -0.162. The molecule has 4 aliphatic rings. The van der Waals surface area contributed by atoms with Gasteiger partial charge in [0, 0.05) is 44.9 Å². The highest BCUT2D eigenvalue weighted by molar-refractivity contribution is 5.94. The standard InChI is InChI=1S/C28H32F2N8O5/c1-31-15(11-39)8-18-33-23-21(29)16-6-14(7-17(16)22(30)24(23)34-18)10-37-4-2-28(3-5-37)13-38(27(41)43-28)19-9-32-26-25(35-19)36-20(40)12-42-26/h9,14-15,31,39H,2-8,10-13H2,1H3,(H,33,34)(H,35,36,40)/t15-/m0/s1. The predicted octanol–water partition coefficient (Wildman–Crippen LogP) is 1.29. The molecule has 1 unspecified atom stereocenters. The Hall–Kier alpha value is -3.95. The Balaban J connectivity index is 0.985. The SMILES string of the molecule is CN[C@H](CO)Cc1nc2c(F)c3c(c(F)c2[nH]1)CC(CN1CCC2(CC1)CN(c1cnc4c(n1)NC(=O)CO4)C(=O)O2)C3. The topological polar surface area (TPSA) is 158 Å². The fourth-order valence-corrected chi connectivity index (χ4v) is 6.65. The van der Waals surface area contributed by atoms with E-state index in [0.29, 0.717) is 75.2 Å². The summed E-state index contributed by atoms with van der Waals surface area (Å²) >= 11 is 0. The van der Waals surface area contributed by atoms with Crippen LogP contribution in [0, 0.1) is 17.6 Å². The number of rotatable bonds is 7. The van der Waals surface area contributed by atoms with Crippen LogP contribution < -0.4 is 20.3 Å². The molecule has 4 N–H and O–H groups in total. The number of hydrogen-bond acceptors (Lipinski definition) is 10. The van der Waals surface area contributed by atoms with E-state index in [4.69, 9.17) is 9.47 Å². The van der Waals surface area contributed by atoms with Crippen LogP contribution in [0.25, 0.3) is 11.0 Å². The minimum atomic E-state index is -0.674. The zero-order chi connectivity index (χ0) is 29.9. The van der Waals surface area contributed by atoms with Gasteiger partial charge in [-0.15, -0.1) is 0 Å². The number of aromatic nitrogens is 4. The minimum Gasteiger partial charge on any atom is -0.465 e. The summed E-state index contributed by atoms with van der Waals surface area (Å²) in [6.45, 7) is 2.06. The van der Waals surface area contributed by atoms with Crippen molar-refractivity contribution in [3.63, 3.8) is 0 Å². The third-order valence-electron chi connectivity index (χ3n) is 8.98. The second-order valence-electron chi connectivity index (χ2n) is 11.8. The first-order valence-electron chi connectivity index (χ1n) is 14.4. The Morgan fingerprint density at radius 1 is 1.19 bits per heavy atom. The Morgan fingerprint density at radius 3 is 2.70 bits per heavy atom. The van der Waals surface area contributed by atoms with Crippen molar-refractivity contribution >= 4 is 34.7 Å². The molecule has 2 aromatic heterocycles. The lowest BCUT2D eigenvalue weighted by Gasteiger charge is -2.38. The molecule has 2 atom stereocenters. The average Bonchev–Trinajstić information content (AvgIpc) is 3.71. The van der Waals surface area contributed by atoms with Gasteiger partial charge in [0.1, 0.15) is 22.5 Å². The molecule has 2 fully saturated rings. The van der Waals surface area contributed by atoms with Crippen LogP contribution in [-0.2, 0) is 28.8 Å². The summed E-state index contributed by atoms with van der Waals surface area (Å²) in [5.41, 5.74) is 0.198. The minimum absolute atomic E-state index is 0.00531. The van der Waals surface area contributed by atoms with E-state index >= 15 is 8.78 Å². The molecule has 0 saturated carbocycles. The molecule has 5 heterocycles. The molecule has 1 spiro atoms. The first-order chi connectivity index (χ1) is 20.8. The molecular weight excluding hydrogens is 566 g/mol. The lowest BCUT2D eigenvalue weighted by molar-refractivity contribution is -0.118. The van der Waals surface area contributed by atoms with Gasteiger partial charge in [0.2, 0.25) is 0 Å². The summed E-state index contributed by atoms with van der Waals surface area (Å²) in [6, 6.07) is -0.265. The van der Waals surface area contributed by atoms with E-state index in [2.05, 4.69) is 35.5 Å². The molecule has 2 saturated heterocycles. The van der Waals surface area contributed by atoms with Gasteiger partial charge in [-0.1, -0.05) is 0 Å². The summed E-state index contributed by atoms with van der Waals surface area (Å²) in [5, 5.41) is 15.0. The number of nitrogens with one attached hydrogen (secondary N) is 3. The average molecular weight is 599 g/mol. The van der Waals surface area contributed by atoms with E-state index in [9.17, 15) is 14.7 Å². The smallest absolute Gasteiger partial charge is 0.416 e. The number of fused-ring (bicyclic) bond motifs is 3. The number of anilines is 2. The van der Waals surface area contributed by atoms with Gasteiger partial charge in [0.15, 0.2) is 29.9 Å². The van der Waals surface area contributed by atoms with Crippen molar-refractivity contribution < 1.29 is 33.0 Å². The van der Waals surface area contributed by atoms with Crippen molar-refractivity contribution in [2.75, 3.05) is 56.7 Å². The number of piperidine rings is 1. The number of carbonyl (C=O) groups excluding carboxylic acids is 2. The molecule has 1 aromatic carbocycles. The quantitative estimate of drug-likeness (QED) is 0.312. The maximum absolute atomic E-state index is 15.5. The molecule has 13 nitrogen and oxygen atoms in total. The van der Waals surface area contributed by atoms with Crippen LogP contribution in [0.1, 0.15) is 29.8 Å². The monoisotopic (exact) mass is 598 g/mol. The van der Waals surface area contributed by atoms with Crippen LogP contribution in [0.4, 0.5) is 25.2 Å². The number of nitrogens with zero attached hydrogens (tertiary/aromatic N) is 5. The summed E-state index contributed by atoms with van der Waals surface area (Å²) in [7, 11) is 1.71. The summed E-state index contributed by atoms with van der Waals surface area (Å²) < 4.78 is 42.2. The second-order valence-corrected chi connectivity index (χ2v) is 11.8. The number of amides is 2. The van der Waals surface area contributed by atoms with Gasteiger partial charge >= 0.3 is 6.09 Å². The highest BCUT2D eigenvalue weighted by atomic mass is 19.1. The largest absolute Gasteiger partial charge is 0.465 e. The molecule has 1 aliphatic carbocycles. The van der Waals surface area contributed by atoms with Crippen molar-refractivity contribution in [1.82, 2.24) is 30.2 Å². The Morgan fingerprint density at radius 2 is 1.95 bits per heavy atom. The van der Waals surface area contributed by atoms with E-state index in [0.717, 1.165) is 0 Å². The van der Waals surface area contributed by atoms with Crippen LogP contribution in [0.3, 0.4) is 0 Å². The zero-order valence-corrected chi connectivity index (χ0v) is 23.6. The van der Waals surface area contributed by atoms with E-state index in [1.165, 1.54) is 11.1 Å². The van der Waals surface area contributed by atoms with Gasteiger partial charge in [0.05, 0.1) is 19.3 Å². The Kier molecular flexibility index (Phi) is 6.90. The highest BCUT2D eigenvalue weighted by Gasteiger charge is 2.48. The van der Waals surface area contributed by atoms with Crippen molar-refractivity contribution in [3.05, 3.63) is 34.8 Å². The lowest BCUT2D eigenvalue weighted by Crippen LogP contribution is -2.48. The maximum atomic E-state index is 15.5. The van der Waals surface area contributed by atoms with E-state index in [1.54, 1.807) is 7.05 Å². The van der Waals surface area contributed by atoms with Gasteiger partial charge in [-0.05, 0) is 36.9 Å². The highest BCUT2D eigenvalue weighted by Crippen LogP contribution is 2.39. The first-order valence-corrected chi connectivity index (χ1v) is 14.4. The number of ether oxygens (including phenoxy) is 2. The Labute approximate surface area is 245 Å². The normalized spacial score (nSPS) is 20.7. The number of aromatic amines is 1. The molecule has 3 aliphatic heterocycles. The molecular formula is C28H32F2N8O5. The van der Waals surface area contributed by atoms with E-state index < -0.39 is 23.3 Å². The number of H-pyrrole nitrogens is 1. The van der Waals surface area contributed by atoms with Crippen LogP contribution >= 0.6 is 0 Å². The molecule has 2 amide bonds. The fourth-order valence-electron chi connectivity index (χ4n) is 6.65. The summed E-state index contributed by atoms with van der Waals surface area (Å²) in [4.78, 5) is 43.9. The molecule has 7 rings (SSSR count). The third kappa shape index (κ3) is 4.94. The Bertz CT molecular complexity index is 1550. The first kappa shape index (κ1) is 27.9. The second kappa shape index (κ2) is 10.6. The maximum Gasteiger partial charge on any atom is 0.416 e. The van der Waals surface area contributed by atoms with Crippen LogP contribution in [0.2, 0.25) is 0 Å². The predicted molar refractivity (Wildman–Crippen MR) is 149 cm³/mol. The van der Waals surface area contributed by atoms with E-state index in [-0.39, 0.29) is 59.6 Å². The molecule has 228 valence electrons. The zero-order valence-electron chi connectivity index (χ0n) is 23.6. The number of aliphatic hydroxyl groups excluding tert-OH is 1. The van der Waals surface area contributed by atoms with Crippen molar-refractivity contribution in [2.24, 2.45) is 5.92 Å². The van der Waals surface area contributed by atoms with Gasteiger partial charge in [-0.3, -0.25) is 9.69 Å². The number of halogens is 2. The van der Waals surface area contributed by atoms with Gasteiger partial charge < -0.3 is 35.1 Å². The summed E-state index contributed by atoms with van der Waals surface area (Å²) in [6.07, 6.45) is 3.29. The number of carbonyl (C=O) groups is 2. The van der Waals surface area contributed by atoms with Crippen molar-refractivity contribution in [1.29, 1.82) is 0 Å². The third-order valence-corrected chi connectivity index (χ3v) is 8.98. The van der Waals surface area contributed by atoms with Crippen molar-refractivity contribution in [2.45, 2.75) is 43.7 Å². The number of likely N-dealkylation sites (N-methyl/N-ethyl adjacent to an activating group) is 1. The van der Waals surface area contributed by atoms with Gasteiger partial charge in [-0.2, -0.15) is 0 Å². The fraction of sp³-hybridized carbons (Fsp3) is 0.536. The van der Waals surface area contributed by atoms with Crippen LogP contribution in [0.5, 0.6) is 5.88 Å². The molecule has 3 aromatic rings. The lowest BCUT2D eigenvalue weighted by atomic mass is 9.90. The molecule has 0 bridgehead atoms. The molecule has 0 radical (unpaired) electrons. The number of benzene rings is 1. The number of aliphatic hydroxyl groups is 1. The van der Waals surface area contributed by atoms with Crippen LogP contribution in [0.15, 0.2) is 6.20 Å². The van der Waals surface area contributed by atoms with E-state index in [1.807, 2.05) is 0 Å². The number of hydrogen-bond donors (Lipinski definition) is 4. The van der Waals surface area contributed by atoms with Gasteiger partial charge in [0.25, 0.3) is 11.8 Å². The van der Waals surface area contributed by atoms with Gasteiger partial charge in [-0.25, -0.2) is 28.5 Å². The molecule has 15 heteroatoms. The molecule has 43 heavy (non-hydrogen) atoms.